The van der Waals surface area contributed by atoms with Crippen LogP contribution in [0.2, 0.25) is 0 Å². The quantitative estimate of drug-likeness (QED) is 0.356. The molecule has 8 nitrogen and oxygen atoms in total. The molecule has 3 aromatic rings. The number of anilines is 2. The molecule has 38 heavy (non-hydrogen) atoms. The van der Waals surface area contributed by atoms with Crippen molar-refractivity contribution < 1.29 is 13.2 Å². The molecule has 1 saturated heterocycles. The highest BCUT2D eigenvalue weighted by molar-refractivity contribution is 7.90. The monoisotopic (exact) mass is 529 g/mol. The maximum absolute atomic E-state index is 12.8. The van der Waals surface area contributed by atoms with Crippen LogP contribution in [0, 0.1) is 6.57 Å². The Morgan fingerprint density at radius 2 is 1.95 bits per heavy atom. The van der Waals surface area contributed by atoms with Crippen LogP contribution >= 0.6 is 0 Å². The van der Waals surface area contributed by atoms with Crippen LogP contribution in [0.1, 0.15) is 73.8 Å². The van der Waals surface area contributed by atoms with Gasteiger partial charge in [-0.05, 0) is 61.1 Å². The van der Waals surface area contributed by atoms with E-state index in [-0.39, 0.29) is 16.9 Å². The van der Waals surface area contributed by atoms with E-state index in [1.807, 2.05) is 45.0 Å². The molecule has 196 valence electrons. The Morgan fingerprint density at radius 3 is 2.63 bits per heavy atom. The van der Waals surface area contributed by atoms with Gasteiger partial charge in [0.05, 0.1) is 40.2 Å². The van der Waals surface area contributed by atoms with E-state index in [4.69, 9.17) is 21.3 Å². The van der Waals surface area contributed by atoms with Gasteiger partial charge >= 0.3 is 0 Å². The van der Waals surface area contributed by atoms with Gasteiger partial charge in [-0.3, -0.25) is 9.98 Å². The molecule has 5 rings (SSSR count). The molecule has 1 fully saturated rings. The van der Waals surface area contributed by atoms with Crippen molar-refractivity contribution in [3.63, 3.8) is 0 Å². The Hall–Kier alpha value is -3.61. The summed E-state index contributed by atoms with van der Waals surface area (Å²) in [4.78, 5) is 18.0. The lowest BCUT2D eigenvalue weighted by Crippen LogP contribution is -2.07. The minimum Gasteiger partial charge on any atom is -0.374 e. The van der Waals surface area contributed by atoms with Crippen LogP contribution in [0.4, 0.5) is 22.9 Å². The number of rotatable bonds is 7. The van der Waals surface area contributed by atoms with Gasteiger partial charge in [0.2, 0.25) is 0 Å². The van der Waals surface area contributed by atoms with Crippen LogP contribution in [0.5, 0.6) is 0 Å². The minimum atomic E-state index is -3.52. The zero-order valence-corrected chi connectivity index (χ0v) is 22.9. The first-order valence-corrected chi connectivity index (χ1v) is 14.7. The van der Waals surface area contributed by atoms with Crippen molar-refractivity contribution in [3.8, 4) is 0 Å². The van der Waals surface area contributed by atoms with Crippen molar-refractivity contribution in [2.24, 2.45) is 4.99 Å². The van der Waals surface area contributed by atoms with Crippen molar-refractivity contribution in [2.75, 3.05) is 18.2 Å². The van der Waals surface area contributed by atoms with Gasteiger partial charge in [-0.15, -0.1) is 4.98 Å². The van der Waals surface area contributed by atoms with Gasteiger partial charge in [-0.25, -0.2) is 8.42 Å². The minimum absolute atomic E-state index is 0.0801. The van der Waals surface area contributed by atoms with Crippen molar-refractivity contribution in [2.45, 2.75) is 63.4 Å². The summed E-state index contributed by atoms with van der Waals surface area (Å²) in [6, 6.07) is 11.3. The Balaban J connectivity index is 1.52. The lowest BCUT2D eigenvalue weighted by atomic mass is 10.0. The molecule has 1 N–H and O–H groups in total. The average molecular weight is 530 g/mol. The van der Waals surface area contributed by atoms with E-state index in [1.54, 1.807) is 12.1 Å². The Kier molecular flexibility index (Phi) is 7.03. The molecule has 0 amide bonds. The zero-order valence-electron chi connectivity index (χ0n) is 22.1. The Labute approximate surface area is 224 Å². The number of hydrogen-bond donors (Lipinski definition) is 1. The first-order valence-electron chi connectivity index (χ1n) is 12.8. The predicted octanol–water partition coefficient (Wildman–Crippen LogP) is 6.39. The third-order valence-corrected chi connectivity index (χ3v) is 8.01. The number of aromatic nitrogens is 2. The normalized spacial score (nSPS) is 16.8. The topological polar surface area (TPSA) is 97.9 Å². The summed E-state index contributed by atoms with van der Waals surface area (Å²) in [6.45, 7) is 14.3. The summed E-state index contributed by atoms with van der Waals surface area (Å²) in [7, 11) is -3.52. The molecule has 0 bridgehead atoms. The predicted molar refractivity (Wildman–Crippen MR) is 149 cm³/mol. The highest BCUT2D eigenvalue weighted by Crippen LogP contribution is 2.39. The zero-order chi connectivity index (χ0) is 27.0. The summed E-state index contributed by atoms with van der Waals surface area (Å²) >= 11 is 0. The second-order valence-corrected chi connectivity index (χ2v) is 12.3. The largest absolute Gasteiger partial charge is 0.374 e. The third kappa shape index (κ3) is 5.33. The van der Waals surface area contributed by atoms with Crippen molar-refractivity contribution in [1.29, 1.82) is 0 Å². The number of hydrogen-bond acceptors (Lipinski definition) is 7. The third-order valence-electron chi connectivity index (χ3n) is 6.87. The lowest BCUT2D eigenvalue weighted by Gasteiger charge is -2.17. The molecule has 4 heterocycles. The number of fused-ring (bicyclic) bond motifs is 1. The molecular weight excluding hydrogens is 498 g/mol. The smallest absolute Gasteiger partial charge is 0.273 e. The van der Waals surface area contributed by atoms with E-state index in [9.17, 15) is 8.42 Å². The van der Waals surface area contributed by atoms with Gasteiger partial charge in [0.25, 0.3) is 5.82 Å². The van der Waals surface area contributed by atoms with E-state index >= 15 is 0 Å². The lowest BCUT2D eigenvalue weighted by molar-refractivity contribution is 0.112. The number of benzene rings is 1. The van der Waals surface area contributed by atoms with Crippen LogP contribution in [-0.2, 0) is 27.4 Å². The van der Waals surface area contributed by atoms with Gasteiger partial charge in [0.15, 0.2) is 9.84 Å². The Bertz CT molecular complexity index is 1580. The number of aliphatic imine (C=N–C) groups is 1. The molecule has 2 aliphatic rings. The highest BCUT2D eigenvalue weighted by atomic mass is 32.2. The van der Waals surface area contributed by atoms with Crippen LogP contribution in [0.3, 0.4) is 0 Å². The van der Waals surface area contributed by atoms with Gasteiger partial charge in [-0.2, -0.15) is 0 Å². The van der Waals surface area contributed by atoms with E-state index in [2.05, 4.69) is 15.1 Å². The van der Waals surface area contributed by atoms with Crippen LogP contribution < -0.4 is 5.32 Å². The summed E-state index contributed by atoms with van der Waals surface area (Å²) in [6.07, 6.45) is 4.06. The summed E-state index contributed by atoms with van der Waals surface area (Å²) in [5.41, 5.74) is 7.01. The first-order chi connectivity index (χ1) is 18.1. The summed E-state index contributed by atoms with van der Waals surface area (Å²) in [5, 5.41) is 3.35. The fraction of sp³-hybridized carbons (Fsp3) is 0.379. The van der Waals surface area contributed by atoms with Gasteiger partial charge in [0, 0.05) is 25.0 Å². The van der Waals surface area contributed by atoms with Crippen LogP contribution in [0.15, 0.2) is 46.3 Å². The van der Waals surface area contributed by atoms with E-state index in [0.29, 0.717) is 36.6 Å². The summed E-state index contributed by atoms with van der Waals surface area (Å²) in [5.74, 6) is 0.630. The van der Waals surface area contributed by atoms with E-state index < -0.39 is 9.84 Å². The van der Waals surface area contributed by atoms with Crippen molar-refractivity contribution >= 4 is 38.4 Å². The molecule has 2 aromatic heterocycles. The van der Waals surface area contributed by atoms with E-state index in [1.165, 1.54) is 6.26 Å². The number of sulfone groups is 1. The molecule has 2 aliphatic heterocycles. The molecule has 1 atom stereocenters. The van der Waals surface area contributed by atoms with E-state index in [0.717, 1.165) is 52.4 Å². The molecule has 0 radical (unpaired) electrons. The number of nitrogens with zero attached hydrogens (tertiary/aromatic N) is 4. The maximum atomic E-state index is 12.8. The number of nitrogens with one attached hydrogen (secondary N) is 1. The molecular formula is C29H31N5O3S. The SMILES string of the molecule is [C-]#[N+]c1nc(Cc2cc(Nc3ccc(C4CCCO4)cc3S(C)(=O)=O)c3c(n2)CC(C)=N3)ccc1C(C)C. The standard InChI is InChI=1S/C29H31N5O3S/c1-17(2)22-10-9-20(33-29(22)30-4)15-21-16-25(28-24(32-21)13-18(3)31-28)34-23-11-8-19(26-7-6-12-37-26)14-27(23)38(5,35)36/h8-11,14,16-17,26H,6-7,12-13,15H2,1-3,5H3,(H,32,34). The fourth-order valence-electron chi connectivity index (χ4n) is 5.01. The maximum Gasteiger partial charge on any atom is 0.273 e. The molecule has 0 saturated carbocycles. The Morgan fingerprint density at radius 1 is 1.13 bits per heavy atom. The number of ether oxygens (including phenoxy) is 1. The summed E-state index contributed by atoms with van der Waals surface area (Å²) < 4.78 is 31.4. The molecule has 0 aliphatic carbocycles. The second-order valence-electron chi connectivity index (χ2n) is 10.3. The van der Waals surface area contributed by atoms with Gasteiger partial charge < -0.3 is 14.9 Å². The first kappa shape index (κ1) is 26.0. The second kappa shape index (κ2) is 10.3. The molecule has 0 spiro atoms. The molecule has 9 heteroatoms. The van der Waals surface area contributed by atoms with Crippen LogP contribution in [0.25, 0.3) is 4.85 Å². The molecule has 1 aromatic carbocycles. The molecule has 1 unspecified atom stereocenters. The van der Waals surface area contributed by atoms with Crippen molar-refractivity contribution in [3.05, 3.63) is 76.0 Å². The highest BCUT2D eigenvalue weighted by Gasteiger charge is 2.24. The number of pyridine rings is 2. The van der Waals surface area contributed by atoms with Crippen LogP contribution in [-0.4, -0.2) is 37.0 Å². The fourth-order valence-corrected chi connectivity index (χ4v) is 5.88. The average Bonchev–Trinajstić information content (AvgIpc) is 3.53. The van der Waals surface area contributed by atoms with Gasteiger partial charge in [0.1, 0.15) is 11.4 Å². The van der Waals surface area contributed by atoms with Crippen molar-refractivity contribution in [1.82, 2.24) is 9.97 Å². The van der Waals surface area contributed by atoms with Gasteiger partial charge in [-0.1, -0.05) is 32.6 Å².